The second-order valence-corrected chi connectivity index (χ2v) is 16.5. The molecule has 0 spiro atoms. The fraction of sp³-hybridized carbons (Fsp3) is 0.650. The van der Waals surface area contributed by atoms with Crippen LogP contribution in [0.2, 0.25) is 0 Å². The minimum absolute atomic E-state index is 0.00409. The molecule has 59 heavy (non-hydrogen) atoms. The molecule has 1 aromatic carbocycles. The molecule has 0 aromatic heterocycles. The number of amides is 4. The number of aliphatic imine (C=N–C) groups is 1. The summed E-state index contributed by atoms with van der Waals surface area (Å²) in [6.45, 7) is 13.7. The van der Waals surface area contributed by atoms with Crippen molar-refractivity contribution in [2.24, 2.45) is 16.8 Å². The third kappa shape index (κ3) is 16.4. The lowest BCUT2D eigenvalue weighted by molar-refractivity contribution is -0.192. The zero-order chi connectivity index (χ0) is 44.7. The quantitative estimate of drug-likeness (QED) is 0.163. The van der Waals surface area contributed by atoms with Gasteiger partial charge in [-0.3, -0.25) is 19.4 Å². The van der Waals surface area contributed by atoms with Crippen LogP contribution in [-0.4, -0.2) is 139 Å². The number of halogens is 3. The van der Waals surface area contributed by atoms with Crippen LogP contribution in [0.1, 0.15) is 60.5 Å². The number of methoxy groups -OCH3 is 2. The van der Waals surface area contributed by atoms with Gasteiger partial charge in [0.05, 0.1) is 17.1 Å². The lowest BCUT2D eigenvalue weighted by atomic mass is 9.95. The number of ether oxygens (including phenoxy) is 4. The number of aliphatic carboxylic acids is 1. The van der Waals surface area contributed by atoms with E-state index in [1.165, 1.54) is 20.3 Å². The molecule has 2 heterocycles. The summed E-state index contributed by atoms with van der Waals surface area (Å²) in [7, 11) is 4.69. The number of carbonyl (C=O) groups is 5. The summed E-state index contributed by atoms with van der Waals surface area (Å²) < 4.78 is 54.8. The smallest absolute Gasteiger partial charge is 0.475 e. The first-order valence-electron chi connectivity index (χ1n) is 19.3. The molecule has 0 bridgehead atoms. The summed E-state index contributed by atoms with van der Waals surface area (Å²) in [5.74, 6) is -3.13. The zero-order valence-corrected chi connectivity index (χ0v) is 36.1. The molecule has 3 rings (SSSR count). The second kappa shape index (κ2) is 23.6. The highest BCUT2D eigenvalue weighted by Crippen LogP contribution is 2.27. The number of thioether (sulfide) groups is 1. The number of hydrogen-bond donors (Lipinski definition) is 4. The number of carboxylic acids is 1. The van der Waals surface area contributed by atoms with Crippen LogP contribution in [0.3, 0.4) is 0 Å². The summed E-state index contributed by atoms with van der Waals surface area (Å²) in [4.78, 5) is 68.2. The van der Waals surface area contributed by atoms with E-state index in [4.69, 9.17) is 28.8 Å². The predicted molar refractivity (Wildman–Crippen MR) is 217 cm³/mol. The van der Waals surface area contributed by atoms with Gasteiger partial charge in [0.15, 0.2) is 6.10 Å². The first kappa shape index (κ1) is 50.9. The van der Waals surface area contributed by atoms with Gasteiger partial charge in [0.25, 0.3) is 5.91 Å². The van der Waals surface area contributed by atoms with E-state index in [-0.39, 0.29) is 36.2 Å². The molecule has 15 nitrogen and oxygen atoms in total. The Hall–Kier alpha value is -4.20. The average Bonchev–Trinajstić information content (AvgIpc) is 3.83. The van der Waals surface area contributed by atoms with E-state index in [1.54, 1.807) is 50.6 Å². The molecule has 1 fully saturated rings. The predicted octanol–water partition coefficient (Wildman–Crippen LogP) is 4.38. The minimum atomic E-state index is -5.08. The fourth-order valence-electron chi connectivity index (χ4n) is 6.21. The van der Waals surface area contributed by atoms with E-state index in [0.29, 0.717) is 13.0 Å². The SMILES string of the molecule is CC[C@H](C)[C@@H](/C=C/C(=O)NC[C@H]1O[C@@H](C(=O)N[C@@H](Cc2ccccc2)C2=NCCS2)[C@@H](OC)[C@@H]1OC)N(C)C(=O)[C@@H](NC(=O)OC(C)(C)C)C(C)C.O=C(O)C(F)(F)F. The minimum Gasteiger partial charge on any atom is -0.475 e. The van der Waals surface area contributed by atoms with Gasteiger partial charge in [0, 0.05) is 46.2 Å². The molecular formula is C40H60F3N5O10S. The number of nitrogens with zero attached hydrogens (tertiary/aromatic N) is 2. The Morgan fingerprint density at radius 1 is 1.03 bits per heavy atom. The van der Waals surface area contributed by atoms with Gasteiger partial charge >= 0.3 is 18.2 Å². The topological polar surface area (TPSA) is 194 Å². The molecule has 1 aromatic rings. The van der Waals surface area contributed by atoms with Crippen molar-refractivity contribution < 1.29 is 61.2 Å². The molecule has 0 unspecified atom stereocenters. The van der Waals surface area contributed by atoms with Gasteiger partial charge < -0.3 is 44.9 Å². The molecule has 2 aliphatic heterocycles. The van der Waals surface area contributed by atoms with Gasteiger partial charge in [-0.25, -0.2) is 9.59 Å². The van der Waals surface area contributed by atoms with Crippen molar-refractivity contribution in [2.75, 3.05) is 40.1 Å². The van der Waals surface area contributed by atoms with Crippen LogP contribution in [0.4, 0.5) is 18.0 Å². The van der Waals surface area contributed by atoms with Crippen molar-refractivity contribution in [2.45, 2.75) is 116 Å². The van der Waals surface area contributed by atoms with Crippen LogP contribution < -0.4 is 16.0 Å². The number of alkyl carbamates (subject to hydrolysis) is 1. The number of likely N-dealkylation sites (N-methyl/N-ethyl adjacent to an activating group) is 1. The summed E-state index contributed by atoms with van der Waals surface area (Å²) in [5, 5.41) is 16.7. The van der Waals surface area contributed by atoms with E-state index in [0.717, 1.165) is 22.8 Å². The Bertz CT molecular complexity index is 1610. The number of benzene rings is 1. The lowest BCUT2D eigenvalue weighted by Crippen LogP contribution is -2.54. The fourth-order valence-corrected chi connectivity index (χ4v) is 7.13. The van der Waals surface area contributed by atoms with E-state index < -0.39 is 66.2 Å². The Kier molecular flexibility index (Phi) is 20.3. The molecule has 1 saturated heterocycles. The first-order chi connectivity index (χ1) is 27.5. The number of rotatable bonds is 17. The highest BCUT2D eigenvalue weighted by Gasteiger charge is 2.49. The largest absolute Gasteiger partial charge is 0.490 e. The van der Waals surface area contributed by atoms with Crippen molar-refractivity contribution in [3.8, 4) is 0 Å². The lowest BCUT2D eigenvalue weighted by Gasteiger charge is -2.34. The third-order valence-corrected chi connectivity index (χ3v) is 10.5. The second-order valence-electron chi connectivity index (χ2n) is 15.4. The number of carboxylic acid groups (broad SMARTS) is 1. The molecule has 0 saturated carbocycles. The van der Waals surface area contributed by atoms with Crippen LogP contribution in [0, 0.1) is 11.8 Å². The van der Waals surface area contributed by atoms with Gasteiger partial charge in [0.2, 0.25) is 11.8 Å². The monoisotopic (exact) mass is 859 g/mol. The normalized spacial score (nSPS) is 21.4. The molecule has 2 aliphatic rings. The van der Waals surface area contributed by atoms with Gasteiger partial charge in [-0.15, -0.1) is 11.8 Å². The van der Waals surface area contributed by atoms with Gasteiger partial charge in [-0.2, -0.15) is 13.2 Å². The number of nitrogens with one attached hydrogen (secondary N) is 3. The number of hydrogen-bond acceptors (Lipinski definition) is 11. The van der Waals surface area contributed by atoms with Crippen LogP contribution in [0.15, 0.2) is 47.5 Å². The summed E-state index contributed by atoms with van der Waals surface area (Å²) in [5.41, 5.74) is 0.362. The summed E-state index contributed by atoms with van der Waals surface area (Å²) in [6.07, 6.45) is -4.32. The maximum atomic E-state index is 13.7. The van der Waals surface area contributed by atoms with Crippen LogP contribution >= 0.6 is 11.8 Å². The van der Waals surface area contributed by atoms with E-state index in [1.807, 2.05) is 58.0 Å². The average molecular weight is 860 g/mol. The zero-order valence-electron chi connectivity index (χ0n) is 35.3. The molecule has 19 heteroatoms. The van der Waals surface area contributed by atoms with Crippen molar-refractivity contribution in [3.63, 3.8) is 0 Å². The molecule has 0 aliphatic carbocycles. The standard InChI is InChI=1S/C38H59N5O8S.C2HF3O2/c1-11-24(4)27(43(8)36(46)30(23(2)3)42-37(47)51-38(5,6)7)17-18-29(44)40-22-28-31(48-9)32(49-10)33(50-28)34(45)41-26(35-39-19-20-52-35)21-25-15-13-12-14-16-25;3-2(4,5)1(6)7/h12-18,23-24,26-28,30-33H,11,19-22H2,1-10H3,(H,40,44)(H,41,45)(H,42,47);(H,6,7)/b18-17+;/t24-,26-,27+,28+,30-,31+,32-,33+;/m0./s1. The van der Waals surface area contributed by atoms with E-state index in [9.17, 15) is 32.3 Å². The molecule has 4 N–H and O–H groups in total. The van der Waals surface area contributed by atoms with Crippen LogP contribution in [0.5, 0.6) is 0 Å². The van der Waals surface area contributed by atoms with Gasteiger partial charge in [-0.05, 0) is 44.6 Å². The Morgan fingerprint density at radius 2 is 1.64 bits per heavy atom. The summed E-state index contributed by atoms with van der Waals surface area (Å²) in [6, 6.07) is 8.35. The maximum Gasteiger partial charge on any atom is 0.490 e. The van der Waals surface area contributed by atoms with E-state index in [2.05, 4.69) is 20.9 Å². The van der Waals surface area contributed by atoms with Gasteiger partial charge in [-0.1, -0.05) is 70.5 Å². The van der Waals surface area contributed by atoms with Crippen LogP contribution in [-0.2, 0) is 44.5 Å². The molecular weight excluding hydrogens is 800 g/mol. The molecule has 4 amide bonds. The highest BCUT2D eigenvalue weighted by atomic mass is 32.2. The van der Waals surface area contributed by atoms with Crippen molar-refractivity contribution in [1.82, 2.24) is 20.9 Å². The molecule has 0 radical (unpaired) electrons. The first-order valence-corrected chi connectivity index (χ1v) is 20.3. The van der Waals surface area contributed by atoms with Crippen molar-refractivity contribution in [3.05, 3.63) is 48.0 Å². The summed E-state index contributed by atoms with van der Waals surface area (Å²) >= 11 is 1.64. The Balaban J connectivity index is 0.00000157. The van der Waals surface area contributed by atoms with Gasteiger partial charge in [0.1, 0.15) is 30.0 Å². The van der Waals surface area contributed by atoms with Crippen molar-refractivity contribution >= 4 is 46.6 Å². The van der Waals surface area contributed by atoms with Crippen LogP contribution in [0.25, 0.3) is 0 Å². The Labute approximate surface area is 348 Å². The number of carbonyl (C=O) groups excluding carboxylic acids is 4. The Morgan fingerprint density at radius 3 is 2.14 bits per heavy atom. The number of alkyl halides is 3. The molecule has 332 valence electrons. The molecule has 8 atom stereocenters. The van der Waals surface area contributed by atoms with Crippen molar-refractivity contribution in [1.29, 1.82) is 0 Å². The third-order valence-electron chi connectivity index (χ3n) is 9.41. The van der Waals surface area contributed by atoms with E-state index >= 15 is 0 Å². The maximum absolute atomic E-state index is 13.7. The highest BCUT2D eigenvalue weighted by molar-refractivity contribution is 8.14.